The van der Waals surface area contributed by atoms with Gasteiger partial charge >= 0.3 is 0 Å². The van der Waals surface area contributed by atoms with Crippen LogP contribution in [0.5, 0.6) is 5.75 Å². The Morgan fingerprint density at radius 2 is 1.54 bits per heavy atom. The lowest BCUT2D eigenvalue weighted by Gasteiger charge is -2.37. The van der Waals surface area contributed by atoms with Gasteiger partial charge in [0.15, 0.2) is 0 Å². The highest BCUT2D eigenvalue weighted by Gasteiger charge is 2.33. The molecule has 0 saturated heterocycles. The summed E-state index contributed by atoms with van der Waals surface area (Å²) in [7, 11) is 0. The van der Waals surface area contributed by atoms with Crippen molar-refractivity contribution in [3.05, 3.63) is 83.4 Å². The van der Waals surface area contributed by atoms with Crippen molar-refractivity contribution in [3.8, 4) is 16.9 Å². The van der Waals surface area contributed by atoms with E-state index in [4.69, 9.17) is 0 Å². The Kier molecular flexibility index (Phi) is 3.72. The Morgan fingerprint density at radius 1 is 0.923 bits per heavy atom. The van der Waals surface area contributed by atoms with E-state index in [1.807, 2.05) is 0 Å². The summed E-state index contributed by atoms with van der Waals surface area (Å²) in [5.74, 6) is -1.14. The van der Waals surface area contributed by atoms with E-state index >= 15 is 0 Å². The molecule has 0 aliphatic carbocycles. The monoisotopic (exact) mass is 351 g/mol. The van der Waals surface area contributed by atoms with E-state index in [1.54, 1.807) is 19.1 Å². The van der Waals surface area contributed by atoms with Crippen molar-refractivity contribution in [3.63, 3.8) is 0 Å². The second-order valence-electron chi connectivity index (χ2n) is 6.29. The number of benzene rings is 3. The fourth-order valence-electron chi connectivity index (χ4n) is 3.43. The summed E-state index contributed by atoms with van der Waals surface area (Å²) in [4.78, 5) is 14.6. The first-order chi connectivity index (χ1) is 12.5. The van der Waals surface area contributed by atoms with E-state index in [0.29, 0.717) is 22.4 Å². The number of amides is 1. The summed E-state index contributed by atoms with van der Waals surface area (Å²) in [6.07, 6.45) is 0. The lowest BCUT2D eigenvalue weighted by molar-refractivity contribution is 0.0977. The normalized spacial score (nSPS) is 15.3. The Bertz CT molecular complexity index is 1020. The second-order valence-corrected chi connectivity index (χ2v) is 6.29. The SMILES string of the molecule is C[C@@H]1c2cc(F)ccc2-c2ccc(F)cc2N1C(=O)c1ccc(O)cc1. The minimum atomic E-state index is -0.476. The van der Waals surface area contributed by atoms with Gasteiger partial charge in [0.2, 0.25) is 0 Å². The van der Waals surface area contributed by atoms with Crippen LogP contribution in [0, 0.1) is 11.6 Å². The summed E-state index contributed by atoms with van der Waals surface area (Å²) in [5, 5.41) is 9.44. The molecule has 1 heterocycles. The number of aromatic hydroxyl groups is 1. The van der Waals surface area contributed by atoms with Gasteiger partial charge in [0.05, 0.1) is 11.7 Å². The van der Waals surface area contributed by atoms with Gasteiger partial charge in [-0.1, -0.05) is 6.07 Å². The molecule has 0 saturated carbocycles. The summed E-state index contributed by atoms with van der Waals surface area (Å²) in [6, 6.07) is 14.0. The number of hydrogen-bond donors (Lipinski definition) is 1. The highest BCUT2D eigenvalue weighted by molar-refractivity contribution is 6.10. The van der Waals surface area contributed by atoms with Crippen LogP contribution in [-0.4, -0.2) is 11.0 Å². The Morgan fingerprint density at radius 3 is 2.23 bits per heavy atom. The molecule has 5 heteroatoms. The van der Waals surface area contributed by atoms with E-state index in [2.05, 4.69) is 0 Å². The molecule has 1 N–H and O–H groups in total. The molecule has 0 fully saturated rings. The second kappa shape index (κ2) is 5.95. The lowest BCUT2D eigenvalue weighted by Crippen LogP contribution is -2.36. The van der Waals surface area contributed by atoms with Crippen molar-refractivity contribution in [2.75, 3.05) is 4.90 Å². The van der Waals surface area contributed by atoms with E-state index in [0.717, 1.165) is 5.56 Å². The zero-order valence-electron chi connectivity index (χ0n) is 13.9. The van der Waals surface area contributed by atoms with Crippen LogP contribution < -0.4 is 4.90 Å². The molecule has 0 unspecified atom stereocenters. The minimum absolute atomic E-state index is 0.0482. The fourth-order valence-corrected chi connectivity index (χ4v) is 3.43. The molecule has 26 heavy (non-hydrogen) atoms. The van der Waals surface area contributed by atoms with Crippen LogP contribution in [0.4, 0.5) is 14.5 Å². The summed E-state index contributed by atoms with van der Waals surface area (Å²) < 4.78 is 27.7. The maximum Gasteiger partial charge on any atom is 0.258 e. The maximum absolute atomic E-state index is 13.9. The van der Waals surface area contributed by atoms with Crippen LogP contribution in [0.15, 0.2) is 60.7 Å². The van der Waals surface area contributed by atoms with E-state index < -0.39 is 17.7 Å². The molecule has 3 nitrogen and oxygen atoms in total. The Hall–Kier alpha value is -3.21. The number of hydrogen-bond acceptors (Lipinski definition) is 2. The van der Waals surface area contributed by atoms with Crippen molar-refractivity contribution in [2.24, 2.45) is 0 Å². The van der Waals surface area contributed by atoms with Gasteiger partial charge in [0.25, 0.3) is 5.91 Å². The molecule has 1 atom stereocenters. The molecule has 0 spiro atoms. The van der Waals surface area contributed by atoms with Gasteiger partial charge in [-0.2, -0.15) is 0 Å². The third kappa shape index (κ3) is 2.52. The molecule has 130 valence electrons. The van der Waals surface area contributed by atoms with Gasteiger partial charge in [-0.25, -0.2) is 8.78 Å². The predicted octanol–water partition coefficient (Wildman–Crippen LogP) is 5.06. The fraction of sp³-hybridized carbons (Fsp3) is 0.0952. The van der Waals surface area contributed by atoms with Gasteiger partial charge in [-0.15, -0.1) is 0 Å². The highest BCUT2D eigenvalue weighted by atomic mass is 19.1. The largest absolute Gasteiger partial charge is 0.508 e. The Balaban J connectivity index is 1.91. The molecule has 1 aliphatic heterocycles. The van der Waals surface area contributed by atoms with Crippen LogP contribution in [0.3, 0.4) is 0 Å². The van der Waals surface area contributed by atoms with Gasteiger partial charge in [-0.3, -0.25) is 4.79 Å². The van der Waals surface area contributed by atoms with Crippen LogP contribution in [0.25, 0.3) is 11.1 Å². The molecular weight excluding hydrogens is 336 g/mol. The molecule has 1 aliphatic rings. The molecule has 4 rings (SSSR count). The van der Waals surface area contributed by atoms with Crippen molar-refractivity contribution in [2.45, 2.75) is 13.0 Å². The molecule has 0 bridgehead atoms. The van der Waals surface area contributed by atoms with Crippen molar-refractivity contribution in [1.82, 2.24) is 0 Å². The molecule has 0 radical (unpaired) electrons. The van der Waals surface area contributed by atoms with Crippen LogP contribution in [0.2, 0.25) is 0 Å². The van der Waals surface area contributed by atoms with Gasteiger partial charge in [0, 0.05) is 11.1 Å². The maximum atomic E-state index is 13.9. The smallest absolute Gasteiger partial charge is 0.258 e. The van der Waals surface area contributed by atoms with Gasteiger partial charge < -0.3 is 10.0 Å². The quantitative estimate of drug-likeness (QED) is 0.666. The first-order valence-corrected chi connectivity index (χ1v) is 8.17. The number of carbonyl (C=O) groups is 1. The Labute approximate surface area is 149 Å². The first-order valence-electron chi connectivity index (χ1n) is 8.17. The molecule has 3 aromatic rings. The number of phenolic OH excluding ortho intramolecular Hbond substituents is 1. The van der Waals surface area contributed by atoms with E-state index in [-0.39, 0.29) is 11.7 Å². The average molecular weight is 351 g/mol. The number of rotatable bonds is 1. The molecule has 1 amide bonds. The zero-order valence-corrected chi connectivity index (χ0v) is 13.9. The van der Waals surface area contributed by atoms with Crippen LogP contribution in [-0.2, 0) is 0 Å². The van der Waals surface area contributed by atoms with E-state index in [9.17, 15) is 18.7 Å². The average Bonchev–Trinajstić information content (AvgIpc) is 2.62. The van der Waals surface area contributed by atoms with E-state index in [1.165, 1.54) is 53.4 Å². The van der Waals surface area contributed by atoms with Gasteiger partial charge in [-0.05, 0) is 72.6 Å². The van der Waals surface area contributed by atoms with Crippen LogP contribution >= 0.6 is 0 Å². The third-order valence-corrected chi connectivity index (χ3v) is 4.69. The predicted molar refractivity (Wildman–Crippen MR) is 95.1 cm³/mol. The number of phenols is 1. The van der Waals surface area contributed by atoms with Crippen LogP contribution in [0.1, 0.15) is 28.9 Å². The number of anilines is 1. The van der Waals surface area contributed by atoms with Crippen molar-refractivity contribution in [1.29, 1.82) is 0 Å². The number of nitrogens with zero attached hydrogens (tertiary/aromatic N) is 1. The summed E-state index contributed by atoms with van der Waals surface area (Å²) in [5.41, 5.74) is 2.91. The first kappa shape index (κ1) is 16.3. The summed E-state index contributed by atoms with van der Waals surface area (Å²) >= 11 is 0. The standard InChI is InChI=1S/C21H15F2NO2/c1-12-19-10-14(22)4-8-17(19)18-9-5-15(23)11-20(18)24(12)21(26)13-2-6-16(25)7-3-13/h2-12,25H,1H3/t12-/m1/s1. The molecule has 0 aromatic heterocycles. The lowest BCUT2D eigenvalue weighted by atomic mass is 9.88. The topological polar surface area (TPSA) is 40.5 Å². The van der Waals surface area contributed by atoms with Gasteiger partial charge in [0.1, 0.15) is 17.4 Å². The van der Waals surface area contributed by atoms with Crippen molar-refractivity contribution < 1.29 is 18.7 Å². The zero-order chi connectivity index (χ0) is 18.4. The summed E-state index contributed by atoms with van der Waals surface area (Å²) in [6.45, 7) is 1.78. The molecule has 3 aromatic carbocycles. The highest BCUT2D eigenvalue weighted by Crippen LogP contribution is 2.45. The molecular formula is C21H15F2NO2. The minimum Gasteiger partial charge on any atom is -0.508 e. The third-order valence-electron chi connectivity index (χ3n) is 4.69. The van der Waals surface area contributed by atoms with Crippen molar-refractivity contribution >= 4 is 11.6 Å². The number of halogens is 2. The number of carbonyl (C=O) groups excluding carboxylic acids is 1. The number of fused-ring (bicyclic) bond motifs is 3.